The standard InChI is InChI=1S/C12H14N2O3/c1-2-14(9-6-4-3-5-7-9)11(15)10-8-17-12(16)13-10/h3-7,10H,2,8H2,1H3,(H,13,16). The van der Waals surface area contributed by atoms with E-state index in [4.69, 9.17) is 4.74 Å². The fourth-order valence-corrected chi connectivity index (χ4v) is 1.78. The Bertz CT molecular complexity index is 419. The van der Waals surface area contributed by atoms with Crippen LogP contribution in [-0.2, 0) is 9.53 Å². The number of hydrogen-bond donors (Lipinski definition) is 1. The highest BCUT2D eigenvalue weighted by molar-refractivity contribution is 5.99. The molecule has 0 aliphatic carbocycles. The Labute approximate surface area is 99.4 Å². The number of ether oxygens (including phenoxy) is 1. The minimum absolute atomic E-state index is 0.0982. The lowest BCUT2D eigenvalue weighted by molar-refractivity contribution is -0.120. The molecule has 2 rings (SSSR count). The van der Waals surface area contributed by atoms with Gasteiger partial charge in [0.1, 0.15) is 12.6 Å². The molecule has 0 spiro atoms. The van der Waals surface area contributed by atoms with Crippen molar-refractivity contribution >= 4 is 17.7 Å². The molecule has 1 fully saturated rings. The van der Waals surface area contributed by atoms with Crippen molar-refractivity contribution < 1.29 is 14.3 Å². The van der Waals surface area contributed by atoms with Gasteiger partial charge in [0.25, 0.3) is 5.91 Å². The van der Waals surface area contributed by atoms with E-state index in [-0.39, 0.29) is 12.5 Å². The van der Waals surface area contributed by atoms with Gasteiger partial charge >= 0.3 is 6.09 Å². The number of amides is 2. The van der Waals surface area contributed by atoms with Crippen LogP contribution in [0.1, 0.15) is 6.92 Å². The number of para-hydroxylation sites is 1. The van der Waals surface area contributed by atoms with Crippen LogP contribution in [0, 0.1) is 0 Å². The van der Waals surface area contributed by atoms with Crippen LogP contribution in [0.4, 0.5) is 10.5 Å². The zero-order chi connectivity index (χ0) is 12.3. The van der Waals surface area contributed by atoms with Gasteiger partial charge in [-0.1, -0.05) is 18.2 Å². The van der Waals surface area contributed by atoms with Gasteiger partial charge in [-0.3, -0.25) is 4.79 Å². The lowest BCUT2D eigenvalue weighted by Crippen LogP contribution is -2.45. The lowest BCUT2D eigenvalue weighted by Gasteiger charge is -2.23. The average Bonchev–Trinajstić information content (AvgIpc) is 2.78. The van der Waals surface area contributed by atoms with Crippen LogP contribution in [0.3, 0.4) is 0 Å². The van der Waals surface area contributed by atoms with Gasteiger partial charge in [-0.05, 0) is 19.1 Å². The smallest absolute Gasteiger partial charge is 0.407 e. The van der Waals surface area contributed by atoms with E-state index in [0.29, 0.717) is 6.54 Å². The van der Waals surface area contributed by atoms with E-state index in [9.17, 15) is 9.59 Å². The number of cyclic esters (lactones) is 1. The van der Waals surface area contributed by atoms with Crippen molar-refractivity contribution in [1.29, 1.82) is 0 Å². The summed E-state index contributed by atoms with van der Waals surface area (Å²) in [5, 5.41) is 2.49. The van der Waals surface area contributed by atoms with Crippen LogP contribution in [-0.4, -0.2) is 31.2 Å². The number of anilines is 1. The summed E-state index contributed by atoms with van der Waals surface area (Å²) in [6.45, 7) is 2.54. The molecule has 1 aliphatic rings. The van der Waals surface area contributed by atoms with Crippen LogP contribution >= 0.6 is 0 Å². The predicted molar refractivity (Wildman–Crippen MR) is 62.7 cm³/mol. The van der Waals surface area contributed by atoms with E-state index in [2.05, 4.69) is 5.32 Å². The maximum atomic E-state index is 12.2. The molecule has 1 atom stereocenters. The SMILES string of the molecule is CCN(C(=O)C1COC(=O)N1)c1ccccc1. The number of carbonyl (C=O) groups excluding carboxylic acids is 2. The van der Waals surface area contributed by atoms with Crippen molar-refractivity contribution in [2.45, 2.75) is 13.0 Å². The van der Waals surface area contributed by atoms with Crippen molar-refractivity contribution in [3.05, 3.63) is 30.3 Å². The van der Waals surface area contributed by atoms with Crippen molar-refractivity contribution in [2.24, 2.45) is 0 Å². The molecule has 0 radical (unpaired) electrons. The van der Waals surface area contributed by atoms with Crippen LogP contribution in [0.2, 0.25) is 0 Å². The molecule has 90 valence electrons. The molecule has 1 aliphatic heterocycles. The molecule has 1 aromatic rings. The van der Waals surface area contributed by atoms with Crippen LogP contribution in [0.5, 0.6) is 0 Å². The third-order valence-electron chi connectivity index (χ3n) is 2.62. The average molecular weight is 234 g/mol. The Morgan fingerprint density at radius 3 is 2.71 bits per heavy atom. The first kappa shape index (κ1) is 11.4. The molecule has 17 heavy (non-hydrogen) atoms. The van der Waals surface area contributed by atoms with Crippen LogP contribution in [0.25, 0.3) is 0 Å². The Morgan fingerprint density at radius 1 is 1.47 bits per heavy atom. The summed E-state index contributed by atoms with van der Waals surface area (Å²) in [4.78, 5) is 24.7. The summed E-state index contributed by atoms with van der Waals surface area (Å²) in [5.41, 5.74) is 0.821. The Balaban J connectivity index is 2.14. The second kappa shape index (κ2) is 4.86. The molecular formula is C12H14N2O3. The van der Waals surface area contributed by atoms with E-state index >= 15 is 0 Å². The molecule has 1 unspecified atom stereocenters. The number of carbonyl (C=O) groups is 2. The van der Waals surface area contributed by atoms with Gasteiger partial charge in [0.15, 0.2) is 0 Å². The number of benzene rings is 1. The minimum atomic E-state index is -0.581. The number of nitrogens with zero attached hydrogens (tertiary/aromatic N) is 1. The fraction of sp³-hybridized carbons (Fsp3) is 0.333. The topological polar surface area (TPSA) is 58.6 Å². The Kier molecular flexibility index (Phi) is 3.27. The highest BCUT2D eigenvalue weighted by atomic mass is 16.6. The predicted octanol–water partition coefficient (Wildman–Crippen LogP) is 1.15. The molecule has 0 bridgehead atoms. The third-order valence-corrected chi connectivity index (χ3v) is 2.62. The number of hydrogen-bond acceptors (Lipinski definition) is 3. The second-order valence-electron chi connectivity index (χ2n) is 3.71. The molecule has 0 aromatic heterocycles. The lowest BCUT2D eigenvalue weighted by atomic mass is 10.2. The largest absolute Gasteiger partial charge is 0.447 e. The van der Waals surface area contributed by atoms with Gasteiger partial charge in [-0.2, -0.15) is 0 Å². The van der Waals surface area contributed by atoms with Crippen LogP contribution < -0.4 is 10.2 Å². The number of nitrogens with one attached hydrogen (secondary N) is 1. The highest BCUT2D eigenvalue weighted by Gasteiger charge is 2.32. The number of likely N-dealkylation sites (N-methyl/N-ethyl adjacent to an activating group) is 1. The summed E-state index contributed by atoms with van der Waals surface area (Å²) >= 11 is 0. The van der Waals surface area contributed by atoms with Crippen molar-refractivity contribution in [1.82, 2.24) is 5.32 Å². The van der Waals surface area contributed by atoms with Gasteiger partial charge in [0.2, 0.25) is 0 Å². The van der Waals surface area contributed by atoms with E-state index in [1.54, 1.807) is 4.90 Å². The molecule has 5 nitrogen and oxygen atoms in total. The summed E-state index contributed by atoms with van der Waals surface area (Å²) in [6.07, 6.45) is -0.535. The van der Waals surface area contributed by atoms with E-state index < -0.39 is 12.1 Å². The van der Waals surface area contributed by atoms with Crippen molar-refractivity contribution in [3.8, 4) is 0 Å². The molecule has 5 heteroatoms. The third kappa shape index (κ3) is 2.38. The molecule has 0 saturated carbocycles. The zero-order valence-corrected chi connectivity index (χ0v) is 9.55. The fourth-order valence-electron chi connectivity index (χ4n) is 1.78. The van der Waals surface area contributed by atoms with E-state index in [0.717, 1.165) is 5.69 Å². The summed E-state index contributed by atoms with van der Waals surface area (Å²) in [5.74, 6) is -0.149. The molecule has 1 N–H and O–H groups in total. The van der Waals surface area contributed by atoms with E-state index in [1.807, 2.05) is 37.3 Å². The molecular weight excluding hydrogens is 220 g/mol. The van der Waals surface area contributed by atoms with Crippen molar-refractivity contribution in [2.75, 3.05) is 18.1 Å². The second-order valence-corrected chi connectivity index (χ2v) is 3.71. The van der Waals surface area contributed by atoms with Gasteiger partial charge in [-0.15, -0.1) is 0 Å². The Morgan fingerprint density at radius 2 is 2.18 bits per heavy atom. The maximum absolute atomic E-state index is 12.2. The summed E-state index contributed by atoms with van der Waals surface area (Å²) in [6, 6.07) is 8.77. The molecule has 1 heterocycles. The minimum Gasteiger partial charge on any atom is -0.447 e. The first-order valence-corrected chi connectivity index (χ1v) is 5.52. The first-order chi connectivity index (χ1) is 8.22. The van der Waals surface area contributed by atoms with Gasteiger partial charge < -0.3 is 15.0 Å². The van der Waals surface area contributed by atoms with Gasteiger partial charge in [0.05, 0.1) is 0 Å². The normalized spacial score (nSPS) is 18.4. The van der Waals surface area contributed by atoms with Gasteiger partial charge in [0, 0.05) is 12.2 Å². The molecule has 2 amide bonds. The molecule has 1 saturated heterocycles. The maximum Gasteiger partial charge on any atom is 0.407 e. The quantitative estimate of drug-likeness (QED) is 0.853. The number of alkyl carbamates (subject to hydrolysis) is 1. The highest BCUT2D eigenvalue weighted by Crippen LogP contribution is 2.15. The first-order valence-electron chi connectivity index (χ1n) is 5.52. The number of rotatable bonds is 3. The van der Waals surface area contributed by atoms with Crippen molar-refractivity contribution in [3.63, 3.8) is 0 Å². The summed E-state index contributed by atoms with van der Waals surface area (Å²) < 4.78 is 4.72. The monoisotopic (exact) mass is 234 g/mol. The van der Waals surface area contributed by atoms with Gasteiger partial charge in [-0.25, -0.2) is 4.79 Å². The zero-order valence-electron chi connectivity index (χ0n) is 9.55. The summed E-state index contributed by atoms with van der Waals surface area (Å²) in [7, 11) is 0. The molecule has 1 aromatic carbocycles. The van der Waals surface area contributed by atoms with Crippen LogP contribution in [0.15, 0.2) is 30.3 Å². The van der Waals surface area contributed by atoms with E-state index in [1.165, 1.54) is 0 Å². The Hall–Kier alpha value is -2.04.